The van der Waals surface area contributed by atoms with Gasteiger partial charge in [-0.2, -0.15) is 5.26 Å². The zero-order valence-corrected chi connectivity index (χ0v) is 14.2. The van der Waals surface area contributed by atoms with Crippen molar-refractivity contribution in [2.75, 3.05) is 18.4 Å². The smallest absolute Gasteiger partial charge is 0.303 e. The predicted molar refractivity (Wildman–Crippen MR) is 94.3 cm³/mol. The van der Waals surface area contributed by atoms with Crippen molar-refractivity contribution in [2.45, 2.75) is 26.7 Å². The van der Waals surface area contributed by atoms with Crippen LogP contribution in [0.5, 0.6) is 0 Å². The number of hydrogen-bond acceptors (Lipinski definition) is 5. The van der Waals surface area contributed by atoms with E-state index in [2.05, 4.69) is 21.7 Å². The van der Waals surface area contributed by atoms with Gasteiger partial charge in [0.15, 0.2) is 0 Å². The second-order valence-corrected chi connectivity index (χ2v) is 5.80. The Morgan fingerprint density at radius 2 is 1.88 bits per heavy atom. The molecule has 1 amide bonds. The third kappa shape index (κ3) is 4.91. The van der Waals surface area contributed by atoms with Crippen molar-refractivity contribution in [1.29, 1.82) is 5.26 Å². The van der Waals surface area contributed by atoms with Crippen molar-refractivity contribution in [3.8, 4) is 6.07 Å². The number of nitrogens with zero attached hydrogens (tertiary/aromatic N) is 2. The number of pyridine rings is 1. The average molecular weight is 340 g/mol. The van der Waals surface area contributed by atoms with Crippen LogP contribution in [-0.2, 0) is 9.59 Å². The van der Waals surface area contributed by atoms with Crippen LogP contribution in [0.2, 0.25) is 0 Å². The standard InChI is InChI=1S/C18H20N4O3/c1-11-7-13-9-14(10-19)18(22-15(13)8-12(11)2)21-6-5-20-16(23)3-4-17(24)25/h7-9H,3-6H2,1-2H3,(H,20,23)(H,21,22)(H,24,25). The van der Waals surface area contributed by atoms with E-state index in [0.29, 0.717) is 24.5 Å². The summed E-state index contributed by atoms with van der Waals surface area (Å²) in [5, 5.41) is 24.4. The van der Waals surface area contributed by atoms with Gasteiger partial charge in [-0.05, 0) is 43.2 Å². The first kappa shape index (κ1) is 18.2. The molecule has 0 saturated carbocycles. The van der Waals surface area contributed by atoms with Gasteiger partial charge in [0.05, 0.1) is 17.5 Å². The summed E-state index contributed by atoms with van der Waals surface area (Å²) >= 11 is 0. The normalized spacial score (nSPS) is 10.3. The van der Waals surface area contributed by atoms with Gasteiger partial charge in [0.1, 0.15) is 11.9 Å². The Morgan fingerprint density at radius 3 is 2.56 bits per heavy atom. The molecule has 0 fully saturated rings. The molecule has 0 aliphatic heterocycles. The molecule has 2 rings (SSSR count). The van der Waals surface area contributed by atoms with Gasteiger partial charge >= 0.3 is 5.97 Å². The second kappa shape index (κ2) is 8.11. The molecule has 0 saturated heterocycles. The van der Waals surface area contributed by atoms with Gasteiger partial charge in [-0.3, -0.25) is 9.59 Å². The maximum absolute atomic E-state index is 11.5. The molecule has 1 aromatic heterocycles. The Balaban J connectivity index is 2.01. The number of aryl methyl sites for hydroxylation is 2. The lowest BCUT2D eigenvalue weighted by Crippen LogP contribution is -2.29. The van der Waals surface area contributed by atoms with E-state index in [1.54, 1.807) is 6.07 Å². The van der Waals surface area contributed by atoms with Gasteiger partial charge < -0.3 is 15.7 Å². The van der Waals surface area contributed by atoms with Gasteiger partial charge in [-0.25, -0.2) is 4.98 Å². The van der Waals surface area contributed by atoms with Crippen molar-refractivity contribution in [3.05, 3.63) is 34.9 Å². The molecule has 0 aliphatic carbocycles. The molecular formula is C18H20N4O3. The molecule has 0 spiro atoms. The van der Waals surface area contributed by atoms with Crippen LogP contribution in [0.25, 0.3) is 10.9 Å². The lowest BCUT2D eigenvalue weighted by Gasteiger charge is -2.11. The topological polar surface area (TPSA) is 115 Å². The molecule has 1 heterocycles. The van der Waals surface area contributed by atoms with Crippen LogP contribution >= 0.6 is 0 Å². The molecule has 0 atom stereocenters. The number of aromatic nitrogens is 1. The Labute approximate surface area is 145 Å². The van der Waals surface area contributed by atoms with E-state index in [0.717, 1.165) is 22.0 Å². The summed E-state index contributed by atoms with van der Waals surface area (Å²) in [5.74, 6) is -0.849. The molecule has 7 heteroatoms. The molecule has 2 aromatic rings. The zero-order valence-electron chi connectivity index (χ0n) is 14.2. The van der Waals surface area contributed by atoms with E-state index in [1.165, 1.54) is 0 Å². The molecule has 7 nitrogen and oxygen atoms in total. The number of carboxylic acids is 1. The van der Waals surface area contributed by atoms with Crippen LogP contribution in [-0.4, -0.2) is 35.1 Å². The maximum atomic E-state index is 11.5. The summed E-state index contributed by atoms with van der Waals surface area (Å²) in [6.45, 7) is 4.72. The van der Waals surface area contributed by atoms with Crippen LogP contribution in [0.4, 0.5) is 5.82 Å². The van der Waals surface area contributed by atoms with E-state index in [4.69, 9.17) is 5.11 Å². The fourth-order valence-electron chi connectivity index (χ4n) is 2.35. The van der Waals surface area contributed by atoms with Crippen molar-refractivity contribution >= 4 is 28.6 Å². The number of benzene rings is 1. The zero-order chi connectivity index (χ0) is 18.4. The number of aliphatic carboxylic acids is 1. The minimum Gasteiger partial charge on any atom is -0.481 e. The maximum Gasteiger partial charge on any atom is 0.303 e. The van der Waals surface area contributed by atoms with Crippen LogP contribution in [0.3, 0.4) is 0 Å². The first-order valence-corrected chi connectivity index (χ1v) is 7.95. The highest BCUT2D eigenvalue weighted by molar-refractivity contribution is 5.84. The van der Waals surface area contributed by atoms with Crippen molar-refractivity contribution in [2.24, 2.45) is 0 Å². The number of carbonyl (C=O) groups is 2. The van der Waals surface area contributed by atoms with E-state index >= 15 is 0 Å². The summed E-state index contributed by atoms with van der Waals surface area (Å²) in [6.07, 6.45) is -0.242. The van der Waals surface area contributed by atoms with E-state index in [-0.39, 0.29) is 18.7 Å². The Kier molecular flexibility index (Phi) is 5.90. The largest absolute Gasteiger partial charge is 0.481 e. The van der Waals surface area contributed by atoms with Crippen molar-refractivity contribution < 1.29 is 14.7 Å². The van der Waals surface area contributed by atoms with E-state index in [1.807, 2.05) is 26.0 Å². The molecule has 0 unspecified atom stereocenters. The lowest BCUT2D eigenvalue weighted by atomic mass is 10.0. The summed E-state index contributed by atoms with van der Waals surface area (Å²) in [4.78, 5) is 26.4. The number of nitriles is 1. The molecule has 0 aliphatic rings. The third-order valence-corrected chi connectivity index (χ3v) is 3.86. The van der Waals surface area contributed by atoms with Crippen LogP contribution in [0.1, 0.15) is 29.5 Å². The highest BCUT2D eigenvalue weighted by Crippen LogP contribution is 2.23. The molecule has 0 bridgehead atoms. The number of fused-ring (bicyclic) bond motifs is 1. The lowest BCUT2D eigenvalue weighted by molar-refractivity contribution is -0.138. The minimum atomic E-state index is -1.00. The van der Waals surface area contributed by atoms with Gasteiger partial charge in [0.2, 0.25) is 5.91 Å². The van der Waals surface area contributed by atoms with Crippen molar-refractivity contribution in [1.82, 2.24) is 10.3 Å². The van der Waals surface area contributed by atoms with Gasteiger partial charge in [0.25, 0.3) is 0 Å². The molecule has 1 aromatic carbocycles. The summed E-state index contributed by atoms with van der Waals surface area (Å²) < 4.78 is 0. The number of rotatable bonds is 7. The SMILES string of the molecule is Cc1cc2cc(C#N)c(NCCNC(=O)CCC(=O)O)nc2cc1C. The molecule has 130 valence electrons. The Hall–Kier alpha value is -3.14. The third-order valence-electron chi connectivity index (χ3n) is 3.86. The fraction of sp³-hybridized carbons (Fsp3) is 0.333. The first-order chi connectivity index (χ1) is 11.9. The number of carboxylic acid groups (broad SMARTS) is 1. The predicted octanol–water partition coefficient (Wildman–Crippen LogP) is 2.12. The van der Waals surface area contributed by atoms with Crippen LogP contribution < -0.4 is 10.6 Å². The molecule has 3 N–H and O–H groups in total. The van der Waals surface area contributed by atoms with Crippen LogP contribution in [0.15, 0.2) is 18.2 Å². The number of nitrogens with one attached hydrogen (secondary N) is 2. The molecule has 0 radical (unpaired) electrons. The highest BCUT2D eigenvalue weighted by atomic mass is 16.4. The minimum absolute atomic E-state index is 0.0500. The summed E-state index contributed by atoms with van der Waals surface area (Å²) in [5.41, 5.74) is 3.51. The fourth-order valence-corrected chi connectivity index (χ4v) is 2.35. The number of anilines is 1. The van der Waals surface area contributed by atoms with E-state index < -0.39 is 5.97 Å². The number of amides is 1. The quantitative estimate of drug-likeness (QED) is 0.665. The molecule has 25 heavy (non-hydrogen) atoms. The number of carbonyl (C=O) groups excluding carboxylic acids is 1. The van der Waals surface area contributed by atoms with Crippen LogP contribution in [0, 0.1) is 25.2 Å². The van der Waals surface area contributed by atoms with E-state index in [9.17, 15) is 14.9 Å². The Morgan fingerprint density at radius 1 is 1.16 bits per heavy atom. The van der Waals surface area contributed by atoms with Crippen molar-refractivity contribution in [3.63, 3.8) is 0 Å². The second-order valence-electron chi connectivity index (χ2n) is 5.80. The molecular weight excluding hydrogens is 320 g/mol. The first-order valence-electron chi connectivity index (χ1n) is 7.95. The monoisotopic (exact) mass is 340 g/mol. The van der Waals surface area contributed by atoms with Gasteiger partial charge in [0, 0.05) is 24.9 Å². The highest BCUT2D eigenvalue weighted by Gasteiger charge is 2.08. The van der Waals surface area contributed by atoms with Gasteiger partial charge in [-0.1, -0.05) is 0 Å². The Bertz CT molecular complexity index is 856. The summed E-state index contributed by atoms with van der Waals surface area (Å²) in [6, 6.07) is 7.90. The number of hydrogen-bond donors (Lipinski definition) is 3. The summed E-state index contributed by atoms with van der Waals surface area (Å²) in [7, 11) is 0. The van der Waals surface area contributed by atoms with Gasteiger partial charge in [-0.15, -0.1) is 0 Å². The average Bonchev–Trinajstić information content (AvgIpc) is 2.57.